The van der Waals surface area contributed by atoms with E-state index in [1.807, 2.05) is 20.1 Å². The number of thioether (sulfide) groups is 1. The molecule has 0 bridgehead atoms. The SMILES string of the molecule is CSCCC(NC(=O)C(NC(=O)C(CC(C)C)NC(=O)C(C)N)C(C)O)C(=O)O. The fourth-order valence-electron chi connectivity index (χ4n) is 2.42. The van der Waals surface area contributed by atoms with Crippen LogP contribution in [0.1, 0.15) is 40.5 Å². The van der Waals surface area contributed by atoms with Crippen LogP contribution in [0.5, 0.6) is 0 Å². The number of nitrogens with two attached hydrogens (primary N) is 1. The second kappa shape index (κ2) is 13.4. The first-order valence-electron chi connectivity index (χ1n) is 9.47. The number of amides is 3. The first-order chi connectivity index (χ1) is 13.4. The van der Waals surface area contributed by atoms with Crippen LogP contribution in [0.3, 0.4) is 0 Å². The standard InChI is InChI=1S/C18H34N4O6S/c1-9(2)8-13(21-15(24)10(3)19)16(25)22-14(11(4)23)17(26)20-12(18(27)28)6-7-29-5/h9-14,23H,6-8,19H2,1-5H3,(H,20,26)(H,21,24)(H,22,25)(H,27,28). The van der Waals surface area contributed by atoms with Gasteiger partial charge in [-0.05, 0) is 44.6 Å². The van der Waals surface area contributed by atoms with E-state index in [0.29, 0.717) is 12.2 Å². The highest BCUT2D eigenvalue weighted by Gasteiger charge is 2.32. The van der Waals surface area contributed by atoms with Crippen molar-refractivity contribution in [3.05, 3.63) is 0 Å². The lowest BCUT2D eigenvalue weighted by molar-refractivity contribution is -0.143. The van der Waals surface area contributed by atoms with Crippen molar-refractivity contribution in [2.75, 3.05) is 12.0 Å². The Balaban J connectivity index is 5.29. The molecule has 0 aromatic carbocycles. The summed E-state index contributed by atoms with van der Waals surface area (Å²) in [6.07, 6.45) is 1.02. The molecule has 5 atom stereocenters. The fourth-order valence-corrected chi connectivity index (χ4v) is 2.89. The molecule has 3 amide bonds. The van der Waals surface area contributed by atoms with Crippen molar-refractivity contribution in [2.45, 2.75) is 70.8 Å². The van der Waals surface area contributed by atoms with Gasteiger partial charge in [0, 0.05) is 0 Å². The van der Waals surface area contributed by atoms with Crippen molar-refractivity contribution in [1.82, 2.24) is 16.0 Å². The summed E-state index contributed by atoms with van der Waals surface area (Å²) in [5, 5.41) is 26.5. The Morgan fingerprint density at radius 2 is 1.48 bits per heavy atom. The Hall–Kier alpha value is -1.85. The third-order valence-electron chi connectivity index (χ3n) is 4.04. The molecular weight excluding hydrogens is 400 g/mol. The van der Waals surface area contributed by atoms with Gasteiger partial charge in [0.1, 0.15) is 18.1 Å². The van der Waals surface area contributed by atoms with Gasteiger partial charge in [0.25, 0.3) is 0 Å². The molecule has 0 aromatic heterocycles. The smallest absolute Gasteiger partial charge is 0.326 e. The van der Waals surface area contributed by atoms with Gasteiger partial charge in [-0.3, -0.25) is 14.4 Å². The zero-order valence-electron chi connectivity index (χ0n) is 17.6. The highest BCUT2D eigenvalue weighted by atomic mass is 32.2. The maximum absolute atomic E-state index is 12.7. The van der Waals surface area contributed by atoms with Gasteiger partial charge >= 0.3 is 5.97 Å². The highest BCUT2D eigenvalue weighted by molar-refractivity contribution is 7.98. The Morgan fingerprint density at radius 3 is 1.90 bits per heavy atom. The highest BCUT2D eigenvalue weighted by Crippen LogP contribution is 2.07. The second-order valence-electron chi connectivity index (χ2n) is 7.39. The van der Waals surface area contributed by atoms with E-state index in [2.05, 4.69) is 16.0 Å². The number of nitrogens with one attached hydrogen (secondary N) is 3. The van der Waals surface area contributed by atoms with Gasteiger partial charge in [-0.2, -0.15) is 11.8 Å². The molecule has 0 spiro atoms. The minimum atomic E-state index is -1.37. The Morgan fingerprint density at radius 1 is 0.931 bits per heavy atom. The van der Waals surface area contributed by atoms with Crippen molar-refractivity contribution >= 4 is 35.5 Å². The van der Waals surface area contributed by atoms with E-state index in [4.69, 9.17) is 5.73 Å². The number of carboxylic acids is 1. The molecule has 0 saturated heterocycles. The lowest BCUT2D eigenvalue weighted by atomic mass is 10.0. The number of rotatable bonds is 13. The molecule has 11 heteroatoms. The van der Waals surface area contributed by atoms with Crippen LogP contribution in [0, 0.1) is 5.92 Å². The summed E-state index contributed by atoms with van der Waals surface area (Å²) in [6.45, 7) is 6.51. The van der Waals surface area contributed by atoms with Crippen LogP contribution in [0.15, 0.2) is 0 Å². The predicted molar refractivity (Wildman–Crippen MR) is 111 cm³/mol. The molecule has 0 aliphatic heterocycles. The van der Waals surface area contributed by atoms with Gasteiger partial charge in [-0.25, -0.2) is 4.79 Å². The molecule has 168 valence electrons. The third kappa shape index (κ3) is 10.5. The predicted octanol–water partition coefficient (Wildman–Crippen LogP) is -0.947. The van der Waals surface area contributed by atoms with Crippen LogP contribution in [-0.4, -0.2) is 76.2 Å². The van der Waals surface area contributed by atoms with Crippen LogP contribution in [0.4, 0.5) is 0 Å². The monoisotopic (exact) mass is 434 g/mol. The molecule has 29 heavy (non-hydrogen) atoms. The average Bonchev–Trinajstić information content (AvgIpc) is 2.60. The number of carbonyl (C=O) groups is 4. The number of hydrogen-bond acceptors (Lipinski definition) is 7. The normalized spacial score (nSPS) is 16.3. The largest absolute Gasteiger partial charge is 0.480 e. The molecule has 10 nitrogen and oxygen atoms in total. The van der Waals surface area contributed by atoms with Crippen molar-refractivity contribution in [3.8, 4) is 0 Å². The van der Waals surface area contributed by atoms with Gasteiger partial charge in [-0.1, -0.05) is 13.8 Å². The third-order valence-corrected chi connectivity index (χ3v) is 4.69. The summed E-state index contributed by atoms with van der Waals surface area (Å²) in [7, 11) is 0. The zero-order chi connectivity index (χ0) is 22.7. The number of aliphatic hydroxyl groups is 1. The number of aliphatic carboxylic acids is 1. The number of hydrogen-bond donors (Lipinski definition) is 6. The molecule has 0 aliphatic rings. The first-order valence-corrected chi connectivity index (χ1v) is 10.9. The van der Waals surface area contributed by atoms with Crippen molar-refractivity contribution in [3.63, 3.8) is 0 Å². The van der Waals surface area contributed by atoms with Crippen LogP contribution in [0.2, 0.25) is 0 Å². The maximum Gasteiger partial charge on any atom is 0.326 e. The van der Waals surface area contributed by atoms with E-state index in [1.165, 1.54) is 25.6 Å². The van der Waals surface area contributed by atoms with Crippen LogP contribution < -0.4 is 21.7 Å². The second-order valence-corrected chi connectivity index (χ2v) is 8.37. The lowest BCUT2D eigenvalue weighted by Crippen LogP contribution is -2.59. The Labute approximate surface area is 175 Å². The Bertz CT molecular complexity index is 571. The van der Waals surface area contributed by atoms with E-state index >= 15 is 0 Å². The summed E-state index contributed by atoms with van der Waals surface area (Å²) in [5.41, 5.74) is 5.53. The molecule has 0 fully saturated rings. The van der Waals surface area contributed by atoms with Gasteiger partial charge < -0.3 is 31.9 Å². The first kappa shape index (κ1) is 27.1. The molecule has 0 rings (SSSR count). The fraction of sp³-hybridized carbons (Fsp3) is 0.778. The molecule has 0 radical (unpaired) electrons. The van der Waals surface area contributed by atoms with Crippen LogP contribution >= 0.6 is 11.8 Å². The van der Waals surface area contributed by atoms with E-state index in [-0.39, 0.29) is 12.3 Å². The summed E-state index contributed by atoms with van der Waals surface area (Å²) in [4.78, 5) is 48.4. The number of carbonyl (C=O) groups excluding carboxylic acids is 3. The van der Waals surface area contributed by atoms with Crippen LogP contribution in [0.25, 0.3) is 0 Å². The number of carboxylic acid groups (broad SMARTS) is 1. The topological polar surface area (TPSA) is 171 Å². The molecular formula is C18H34N4O6S. The molecule has 0 saturated carbocycles. The molecule has 5 unspecified atom stereocenters. The summed E-state index contributed by atoms with van der Waals surface area (Å²) < 4.78 is 0. The average molecular weight is 435 g/mol. The van der Waals surface area contributed by atoms with E-state index in [9.17, 15) is 29.4 Å². The van der Waals surface area contributed by atoms with Gasteiger partial charge in [0.2, 0.25) is 17.7 Å². The van der Waals surface area contributed by atoms with Gasteiger partial charge in [0.15, 0.2) is 0 Å². The van der Waals surface area contributed by atoms with E-state index < -0.39 is 54.0 Å². The van der Waals surface area contributed by atoms with Crippen molar-refractivity contribution in [2.24, 2.45) is 11.7 Å². The minimum Gasteiger partial charge on any atom is -0.480 e. The van der Waals surface area contributed by atoms with Gasteiger partial charge in [0.05, 0.1) is 12.1 Å². The maximum atomic E-state index is 12.7. The van der Waals surface area contributed by atoms with Gasteiger partial charge in [-0.15, -0.1) is 0 Å². The summed E-state index contributed by atoms with van der Waals surface area (Å²) in [6, 6.07) is -4.28. The van der Waals surface area contributed by atoms with Crippen LogP contribution in [-0.2, 0) is 19.2 Å². The molecule has 0 aliphatic carbocycles. The zero-order valence-corrected chi connectivity index (χ0v) is 18.4. The lowest BCUT2D eigenvalue weighted by Gasteiger charge is -2.27. The molecule has 0 heterocycles. The van der Waals surface area contributed by atoms with E-state index in [0.717, 1.165) is 0 Å². The minimum absolute atomic E-state index is 0.0564. The quantitative estimate of drug-likeness (QED) is 0.215. The molecule has 7 N–H and O–H groups in total. The van der Waals surface area contributed by atoms with E-state index in [1.54, 1.807) is 0 Å². The number of aliphatic hydroxyl groups excluding tert-OH is 1. The summed E-state index contributed by atoms with van der Waals surface area (Å²) in [5.74, 6) is -2.63. The van der Waals surface area contributed by atoms with Crippen molar-refractivity contribution in [1.29, 1.82) is 0 Å². The van der Waals surface area contributed by atoms with Crippen molar-refractivity contribution < 1.29 is 29.4 Å². The Kier molecular flexibility index (Phi) is 12.5. The molecule has 0 aromatic rings. The summed E-state index contributed by atoms with van der Waals surface area (Å²) >= 11 is 1.43.